The molecule has 30 heavy (non-hydrogen) atoms. The number of anilines is 1. The second-order valence-electron chi connectivity index (χ2n) is 7.42. The lowest BCUT2D eigenvalue weighted by Crippen LogP contribution is -2.30. The predicted octanol–water partition coefficient (Wildman–Crippen LogP) is 5.28. The van der Waals surface area contributed by atoms with Crippen LogP contribution in [0.5, 0.6) is 0 Å². The van der Waals surface area contributed by atoms with Gasteiger partial charge in [-0.3, -0.25) is 9.59 Å². The fourth-order valence-electron chi connectivity index (χ4n) is 3.58. The molecule has 0 aromatic heterocycles. The molecule has 0 bridgehead atoms. The fraction of sp³-hybridized carbons (Fsp3) is 0.200. The number of thioether (sulfide) groups is 1. The van der Waals surface area contributed by atoms with Crippen LogP contribution in [0.3, 0.4) is 0 Å². The van der Waals surface area contributed by atoms with Gasteiger partial charge in [0.25, 0.3) is 0 Å². The highest BCUT2D eigenvalue weighted by Crippen LogP contribution is 2.36. The van der Waals surface area contributed by atoms with Gasteiger partial charge in [0.15, 0.2) is 0 Å². The minimum Gasteiger partial charge on any atom is -0.348 e. The number of hydrogen-bond donors (Lipinski definition) is 2. The highest BCUT2D eigenvalue weighted by atomic mass is 32.2. The summed E-state index contributed by atoms with van der Waals surface area (Å²) in [6, 6.07) is 25.7. The Hall–Kier alpha value is -3.05. The molecule has 2 unspecified atom stereocenters. The van der Waals surface area contributed by atoms with Crippen molar-refractivity contribution >= 4 is 29.3 Å². The van der Waals surface area contributed by atoms with E-state index >= 15 is 0 Å². The first-order valence-electron chi connectivity index (χ1n) is 10.1. The lowest BCUT2D eigenvalue weighted by molar-refractivity contribution is -0.121. The molecule has 1 heterocycles. The summed E-state index contributed by atoms with van der Waals surface area (Å²) in [5.74, 6) is 0.0359. The zero-order valence-electron chi connectivity index (χ0n) is 16.8. The third-order valence-corrected chi connectivity index (χ3v) is 6.49. The fourth-order valence-corrected chi connectivity index (χ4v) is 4.64. The Balaban J connectivity index is 1.52. The van der Waals surface area contributed by atoms with E-state index in [-0.39, 0.29) is 23.1 Å². The average Bonchev–Trinajstić information content (AvgIpc) is 2.78. The van der Waals surface area contributed by atoms with Crippen LogP contribution in [0.2, 0.25) is 0 Å². The molecule has 3 aromatic rings. The number of fused-ring (bicyclic) bond motifs is 1. The third-order valence-electron chi connectivity index (χ3n) is 5.22. The molecule has 5 heteroatoms. The van der Waals surface area contributed by atoms with Crippen LogP contribution in [-0.2, 0) is 16.0 Å². The van der Waals surface area contributed by atoms with E-state index in [9.17, 15) is 9.59 Å². The Morgan fingerprint density at radius 2 is 1.63 bits per heavy atom. The van der Waals surface area contributed by atoms with E-state index < -0.39 is 0 Å². The van der Waals surface area contributed by atoms with Crippen molar-refractivity contribution in [2.45, 2.75) is 36.0 Å². The van der Waals surface area contributed by atoms with Crippen LogP contribution < -0.4 is 10.6 Å². The SMILES string of the molecule is CC(NC(=O)C(Sc1ccccc1)c1ccccc1)c1ccc2c(c1)CCC(=O)N2. The summed E-state index contributed by atoms with van der Waals surface area (Å²) in [6.45, 7) is 2.00. The number of benzene rings is 3. The number of nitrogens with one attached hydrogen (secondary N) is 2. The number of aryl methyl sites for hydroxylation is 1. The van der Waals surface area contributed by atoms with Crippen molar-refractivity contribution in [3.05, 3.63) is 95.6 Å². The molecular formula is C25H24N2O2S. The Kier molecular flexibility index (Phi) is 6.19. The summed E-state index contributed by atoms with van der Waals surface area (Å²) in [5, 5.41) is 5.75. The smallest absolute Gasteiger partial charge is 0.238 e. The van der Waals surface area contributed by atoms with Gasteiger partial charge in [-0.2, -0.15) is 0 Å². The molecule has 0 radical (unpaired) electrons. The van der Waals surface area contributed by atoms with Crippen molar-refractivity contribution < 1.29 is 9.59 Å². The largest absolute Gasteiger partial charge is 0.348 e. The Morgan fingerprint density at radius 1 is 0.933 bits per heavy atom. The van der Waals surface area contributed by atoms with Crippen molar-refractivity contribution in [1.29, 1.82) is 0 Å². The second-order valence-corrected chi connectivity index (χ2v) is 8.60. The second kappa shape index (κ2) is 9.18. The summed E-state index contributed by atoms with van der Waals surface area (Å²) in [6.07, 6.45) is 1.23. The summed E-state index contributed by atoms with van der Waals surface area (Å²) >= 11 is 1.55. The first-order chi connectivity index (χ1) is 14.6. The van der Waals surface area contributed by atoms with E-state index in [0.29, 0.717) is 6.42 Å². The maximum atomic E-state index is 13.3. The number of rotatable bonds is 6. The van der Waals surface area contributed by atoms with Crippen LogP contribution in [0.4, 0.5) is 5.69 Å². The highest BCUT2D eigenvalue weighted by Gasteiger charge is 2.24. The third kappa shape index (κ3) is 4.74. The molecule has 4 rings (SSSR count). The van der Waals surface area contributed by atoms with Gasteiger partial charge < -0.3 is 10.6 Å². The van der Waals surface area contributed by atoms with Gasteiger partial charge in [-0.15, -0.1) is 11.8 Å². The van der Waals surface area contributed by atoms with Gasteiger partial charge in [-0.05, 0) is 48.2 Å². The van der Waals surface area contributed by atoms with Gasteiger partial charge in [0.2, 0.25) is 11.8 Å². The Bertz CT molecular complexity index is 1040. The summed E-state index contributed by atoms with van der Waals surface area (Å²) < 4.78 is 0. The minimum atomic E-state index is -0.340. The molecule has 2 atom stereocenters. The highest BCUT2D eigenvalue weighted by molar-refractivity contribution is 8.00. The quantitative estimate of drug-likeness (QED) is 0.537. The molecule has 3 aromatic carbocycles. The lowest BCUT2D eigenvalue weighted by Gasteiger charge is -2.23. The molecule has 152 valence electrons. The molecule has 0 fully saturated rings. The molecule has 4 nitrogen and oxygen atoms in total. The summed E-state index contributed by atoms with van der Waals surface area (Å²) in [5.41, 5.74) is 4.00. The Morgan fingerprint density at radius 3 is 2.37 bits per heavy atom. The molecule has 2 amide bonds. The summed E-state index contributed by atoms with van der Waals surface area (Å²) in [7, 11) is 0. The Labute approximate surface area is 181 Å². The number of carbonyl (C=O) groups excluding carboxylic acids is 2. The number of amides is 2. The predicted molar refractivity (Wildman–Crippen MR) is 121 cm³/mol. The van der Waals surface area contributed by atoms with Gasteiger partial charge in [0.1, 0.15) is 5.25 Å². The van der Waals surface area contributed by atoms with Crippen LogP contribution in [0.15, 0.2) is 83.8 Å². The van der Waals surface area contributed by atoms with Crippen molar-refractivity contribution in [1.82, 2.24) is 5.32 Å². The zero-order chi connectivity index (χ0) is 20.9. The van der Waals surface area contributed by atoms with Gasteiger partial charge >= 0.3 is 0 Å². The first-order valence-corrected chi connectivity index (χ1v) is 11.0. The maximum Gasteiger partial charge on any atom is 0.238 e. The van der Waals surface area contributed by atoms with Crippen LogP contribution in [0, 0.1) is 0 Å². The van der Waals surface area contributed by atoms with Crippen LogP contribution in [0.1, 0.15) is 41.3 Å². The average molecular weight is 417 g/mol. The van der Waals surface area contributed by atoms with Crippen LogP contribution >= 0.6 is 11.8 Å². The standard InChI is InChI=1S/C25H24N2O2S/c1-17(19-12-14-22-20(16-19)13-15-23(28)27-22)26-25(29)24(18-8-4-2-5-9-18)30-21-10-6-3-7-11-21/h2-12,14,16-17,24H,13,15H2,1H3,(H,26,29)(H,27,28). The molecule has 2 N–H and O–H groups in total. The summed E-state index contributed by atoms with van der Waals surface area (Å²) in [4.78, 5) is 25.9. The number of hydrogen-bond acceptors (Lipinski definition) is 3. The van der Waals surface area contributed by atoms with Gasteiger partial charge in [0, 0.05) is 17.0 Å². The van der Waals surface area contributed by atoms with E-state index in [2.05, 4.69) is 16.7 Å². The van der Waals surface area contributed by atoms with E-state index in [1.807, 2.05) is 79.7 Å². The van der Waals surface area contributed by atoms with Crippen LogP contribution in [0.25, 0.3) is 0 Å². The molecule has 0 saturated carbocycles. The van der Waals surface area contributed by atoms with Gasteiger partial charge in [0.05, 0.1) is 6.04 Å². The van der Waals surface area contributed by atoms with Crippen molar-refractivity contribution in [2.24, 2.45) is 0 Å². The number of carbonyl (C=O) groups is 2. The topological polar surface area (TPSA) is 58.2 Å². The van der Waals surface area contributed by atoms with E-state index in [1.54, 1.807) is 11.8 Å². The van der Waals surface area contributed by atoms with Gasteiger partial charge in [-0.1, -0.05) is 60.7 Å². The van der Waals surface area contributed by atoms with Crippen LogP contribution in [-0.4, -0.2) is 11.8 Å². The monoisotopic (exact) mass is 416 g/mol. The van der Waals surface area contributed by atoms with E-state index in [0.717, 1.165) is 33.7 Å². The van der Waals surface area contributed by atoms with Crippen molar-refractivity contribution in [3.8, 4) is 0 Å². The van der Waals surface area contributed by atoms with E-state index in [1.165, 1.54) is 0 Å². The first kappa shape index (κ1) is 20.2. The van der Waals surface area contributed by atoms with Crippen molar-refractivity contribution in [2.75, 3.05) is 5.32 Å². The minimum absolute atomic E-state index is 0.0198. The lowest BCUT2D eigenvalue weighted by atomic mass is 9.97. The van der Waals surface area contributed by atoms with Gasteiger partial charge in [-0.25, -0.2) is 0 Å². The van der Waals surface area contributed by atoms with Crippen molar-refractivity contribution in [3.63, 3.8) is 0 Å². The normalized spacial score (nSPS) is 14.9. The molecule has 1 aliphatic rings. The molecular weight excluding hydrogens is 392 g/mol. The molecule has 0 spiro atoms. The maximum absolute atomic E-state index is 13.3. The zero-order valence-corrected chi connectivity index (χ0v) is 17.6. The van der Waals surface area contributed by atoms with E-state index in [4.69, 9.17) is 0 Å². The molecule has 1 aliphatic heterocycles. The molecule has 0 saturated heterocycles. The molecule has 0 aliphatic carbocycles.